The van der Waals surface area contributed by atoms with Gasteiger partial charge in [-0.3, -0.25) is 0 Å². The molecule has 3 N–H and O–H groups in total. The topological polar surface area (TPSA) is 71.1 Å². The zero-order chi connectivity index (χ0) is 15.2. The Bertz CT molecular complexity index is 641. The fourth-order valence-corrected chi connectivity index (χ4v) is 2.10. The van der Waals surface area contributed by atoms with Gasteiger partial charge in [-0.25, -0.2) is 0 Å². The Balaban J connectivity index is 2.18. The summed E-state index contributed by atoms with van der Waals surface area (Å²) in [6.07, 6.45) is 0. The number of benzene rings is 2. The summed E-state index contributed by atoms with van der Waals surface area (Å²) in [5.41, 5.74) is 8.44. The molecule has 0 heterocycles. The van der Waals surface area contributed by atoms with Gasteiger partial charge in [0, 0.05) is 24.8 Å². The fourth-order valence-electron chi connectivity index (χ4n) is 2.10. The van der Waals surface area contributed by atoms with Crippen LogP contribution in [0.1, 0.15) is 11.1 Å². The monoisotopic (exact) mass is 285 g/mol. The molecule has 0 aromatic heterocycles. The van der Waals surface area contributed by atoms with Crippen molar-refractivity contribution in [3.05, 3.63) is 59.7 Å². The molecule has 2 aromatic rings. The van der Waals surface area contributed by atoms with E-state index in [0.717, 1.165) is 23.5 Å². The molecule has 0 bridgehead atoms. The van der Waals surface area contributed by atoms with Crippen molar-refractivity contribution in [1.82, 2.24) is 0 Å². The van der Waals surface area contributed by atoms with Crippen molar-refractivity contribution >= 4 is 11.5 Å². The quantitative estimate of drug-likeness (QED) is 0.383. The van der Waals surface area contributed by atoms with Crippen molar-refractivity contribution in [3.8, 4) is 5.75 Å². The minimum Gasteiger partial charge on any atom is -0.497 e. The zero-order valence-corrected chi connectivity index (χ0v) is 12.2. The number of hydrogen-bond acceptors (Lipinski definition) is 4. The number of amidine groups is 1. The van der Waals surface area contributed by atoms with Gasteiger partial charge >= 0.3 is 0 Å². The van der Waals surface area contributed by atoms with Crippen LogP contribution in [0.4, 0.5) is 5.69 Å². The molecule has 2 rings (SSSR count). The molecular formula is C16H19N3O2. The highest BCUT2D eigenvalue weighted by Gasteiger charge is 2.06. The summed E-state index contributed by atoms with van der Waals surface area (Å²) in [5.74, 6) is 0.943. The second kappa shape index (κ2) is 6.65. The molecule has 0 radical (unpaired) electrons. The Kier molecular flexibility index (Phi) is 4.66. The average Bonchev–Trinajstić information content (AvgIpc) is 2.54. The maximum absolute atomic E-state index is 8.75. The third kappa shape index (κ3) is 3.66. The van der Waals surface area contributed by atoms with Crippen molar-refractivity contribution in [2.24, 2.45) is 10.9 Å². The van der Waals surface area contributed by atoms with Crippen LogP contribution in [0, 0.1) is 0 Å². The lowest BCUT2D eigenvalue weighted by Gasteiger charge is -2.20. The van der Waals surface area contributed by atoms with Gasteiger partial charge in [-0.1, -0.05) is 29.4 Å². The molecule has 0 aliphatic heterocycles. The highest BCUT2D eigenvalue weighted by molar-refractivity contribution is 5.97. The van der Waals surface area contributed by atoms with Crippen LogP contribution in [0.3, 0.4) is 0 Å². The lowest BCUT2D eigenvalue weighted by atomic mass is 10.1. The average molecular weight is 285 g/mol. The zero-order valence-electron chi connectivity index (χ0n) is 12.2. The summed E-state index contributed by atoms with van der Waals surface area (Å²) in [7, 11) is 3.65. The van der Waals surface area contributed by atoms with Crippen LogP contribution in [0.5, 0.6) is 5.75 Å². The molecule has 0 atom stereocenters. The van der Waals surface area contributed by atoms with E-state index >= 15 is 0 Å². The number of rotatable bonds is 5. The summed E-state index contributed by atoms with van der Waals surface area (Å²) >= 11 is 0. The van der Waals surface area contributed by atoms with E-state index in [2.05, 4.69) is 10.1 Å². The van der Waals surface area contributed by atoms with Gasteiger partial charge in [0.1, 0.15) is 5.75 Å². The number of ether oxygens (including phenoxy) is 1. The van der Waals surface area contributed by atoms with E-state index in [9.17, 15) is 0 Å². The van der Waals surface area contributed by atoms with E-state index in [-0.39, 0.29) is 5.84 Å². The van der Waals surface area contributed by atoms with Crippen molar-refractivity contribution in [3.63, 3.8) is 0 Å². The van der Waals surface area contributed by atoms with Gasteiger partial charge in [0.2, 0.25) is 0 Å². The Hall–Kier alpha value is -2.69. The fraction of sp³-hybridized carbons (Fsp3) is 0.188. The standard InChI is InChI=1S/C16H19N3O2/c1-19(11-12-5-3-8-15(9-12)21-2)14-7-4-6-13(10-14)16(17)18-20/h3-10,20H,11H2,1-2H3,(H2,17,18). The van der Waals surface area contributed by atoms with Crippen LogP contribution in [0.25, 0.3) is 0 Å². The van der Waals surface area contributed by atoms with E-state index in [4.69, 9.17) is 15.7 Å². The van der Waals surface area contributed by atoms with E-state index in [1.165, 1.54) is 0 Å². The van der Waals surface area contributed by atoms with Crippen LogP contribution in [0.15, 0.2) is 53.7 Å². The third-order valence-corrected chi connectivity index (χ3v) is 3.24. The number of hydrogen-bond donors (Lipinski definition) is 2. The Labute approximate surface area is 124 Å². The predicted molar refractivity (Wildman–Crippen MR) is 84.1 cm³/mol. The minimum absolute atomic E-state index is 0.103. The minimum atomic E-state index is 0.103. The second-order valence-electron chi connectivity index (χ2n) is 4.74. The molecule has 0 spiro atoms. The van der Waals surface area contributed by atoms with Gasteiger partial charge in [-0.15, -0.1) is 0 Å². The Morgan fingerprint density at radius 2 is 2.00 bits per heavy atom. The SMILES string of the molecule is COc1cccc(CN(C)c2cccc(C(N)=NO)c2)c1. The number of nitrogens with zero attached hydrogens (tertiary/aromatic N) is 2. The van der Waals surface area contributed by atoms with Gasteiger partial charge < -0.3 is 20.6 Å². The lowest BCUT2D eigenvalue weighted by molar-refractivity contribution is 0.318. The smallest absolute Gasteiger partial charge is 0.170 e. The summed E-state index contributed by atoms with van der Waals surface area (Å²) in [4.78, 5) is 2.09. The maximum Gasteiger partial charge on any atom is 0.170 e. The van der Waals surface area contributed by atoms with Gasteiger partial charge in [0.25, 0.3) is 0 Å². The molecule has 0 saturated heterocycles. The molecule has 5 nitrogen and oxygen atoms in total. The van der Waals surface area contributed by atoms with E-state index in [1.54, 1.807) is 13.2 Å². The van der Waals surface area contributed by atoms with Gasteiger partial charge in [-0.05, 0) is 29.8 Å². The van der Waals surface area contributed by atoms with Crippen molar-refractivity contribution < 1.29 is 9.94 Å². The molecule has 0 unspecified atom stereocenters. The van der Waals surface area contributed by atoms with Crippen molar-refractivity contribution in [1.29, 1.82) is 0 Å². The van der Waals surface area contributed by atoms with E-state index in [1.807, 2.05) is 49.5 Å². The third-order valence-electron chi connectivity index (χ3n) is 3.24. The molecule has 0 fully saturated rings. The number of oxime groups is 1. The number of methoxy groups -OCH3 is 1. The van der Waals surface area contributed by atoms with E-state index in [0.29, 0.717) is 5.56 Å². The first-order valence-corrected chi connectivity index (χ1v) is 6.56. The number of nitrogens with two attached hydrogens (primary N) is 1. The molecule has 21 heavy (non-hydrogen) atoms. The largest absolute Gasteiger partial charge is 0.497 e. The van der Waals surface area contributed by atoms with Gasteiger partial charge in [0.15, 0.2) is 5.84 Å². The summed E-state index contributed by atoms with van der Waals surface area (Å²) in [6, 6.07) is 15.5. The van der Waals surface area contributed by atoms with Crippen LogP contribution < -0.4 is 15.4 Å². The summed E-state index contributed by atoms with van der Waals surface area (Å²) in [5, 5.41) is 11.8. The van der Waals surface area contributed by atoms with Crippen LogP contribution in [0.2, 0.25) is 0 Å². The highest BCUT2D eigenvalue weighted by Crippen LogP contribution is 2.19. The first-order valence-electron chi connectivity index (χ1n) is 6.56. The molecule has 0 amide bonds. The molecule has 0 aliphatic carbocycles. The first-order chi connectivity index (χ1) is 10.1. The van der Waals surface area contributed by atoms with Gasteiger partial charge in [-0.2, -0.15) is 0 Å². The Morgan fingerprint density at radius 1 is 1.24 bits per heavy atom. The molecule has 0 saturated carbocycles. The maximum atomic E-state index is 8.75. The predicted octanol–water partition coefficient (Wildman–Crippen LogP) is 2.43. The number of anilines is 1. The van der Waals surface area contributed by atoms with Crippen LogP contribution in [-0.4, -0.2) is 25.2 Å². The summed E-state index contributed by atoms with van der Waals surface area (Å²) in [6.45, 7) is 0.733. The first kappa shape index (κ1) is 14.7. The molecule has 2 aromatic carbocycles. The molecule has 0 aliphatic rings. The van der Waals surface area contributed by atoms with Crippen LogP contribution in [-0.2, 0) is 6.54 Å². The van der Waals surface area contributed by atoms with Crippen molar-refractivity contribution in [2.45, 2.75) is 6.54 Å². The Morgan fingerprint density at radius 3 is 2.71 bits per heavy atom. The second-order valence-corrected chi connectivity index (χ2v) is 4.74. The normalized spacial score (nSPS) is 11.2. The molecular weight excluding hydrogens is 266 g/mol. The van der Waals surface area contributed by atoms with Crippen molar-refractivity contribution in [2.75, 3.05) is 19.1 Å². The van der Waals surface area contributed by atoms with Crippen LogP contribution >= 0.6 is 0 Å². The van der Waals surface area contributed by atoms with Gasteiger partial charge in [0.05, 0.1) is 7.11 Å². The summed E-state index contributed by atoms with van der Waals surface area (Å²) < 4.78 is 5.23. The highest BCUT2D eigenvalue weighted by atomic mass is 16.5. The lowest BCUT2D eigenvalue weighted by Crippen LogP contribution is -2.18. The molecule has 110 valence electrons. The molecule has 5 heteroatoms. The van der Waals surface area contributed by atoms with E-state index < -0.39 is 0 Å².